The van der Waals surface area contributed by atoms with E-state index in [9.17, 15) is 4.79 Å². The maximum atomic E-state index is 12.3. The highest BCUT2D eigenvalue weighted by molar-refractivity contribution is 5.72. The van der Waals surface area contributed by atoms with Gasteiger partial charge in [0.1, 0.15) is 6.61 Å². The zero-order valence-corrected chi connectivity index (χ0v) is 15.0. The van der Waals surface area contributed by atoms with E-state index in [-0.39, 0.29) is 11.9 Å². The number of carbonyl (C=O) groups is 1. The van der Waals surface area contributed by atoms with E-state index < -0.39 is 0 Å². The van der Waals surface area contributed by atoms with E-state index in [2.05, 4.69) is 39.8 Å². The van der Waals surface area contributed by atoms with Gasteiger partial charge in [-0.1, -0.05) is 43.4 Å². The summed E-state index contributed by atoms with van der Waals surface area (Å²) in [4.78, 5) is 12.3. The standard InChI is InChI=1S/C20H34O2/c1-5-19(18-12-7-6-8-13-18)20(21)22-15-14-17(4)11-9-10-16(2)3/h10,14,18-19H,5-9,11-13,15H2,1-4H3/b17-14+. The molecule has 0 bridgehead atoms. The Kier molecular flexibility index (Phi) is 9.19. The van der Waals surface area contributed by atoms with Gasteiger partial charge in [-0.05, 0) is 64.9 Å². The molecular formula is C20H34O2. The van der Waals surface area contributed by atoms with Crippen molar-refractivity contribution >= 4 is 5.97 Å². The number of rotatable bonds is 8. The summed E-state index contributed by atoms with van der Waals surface area (Å²) < 4.78 is 5.52. The third kappa shape index (κ3) is 7.29. The van der Waals surface area contributed by atoms with Crippen LogP contribution in [0.4, 0.5) is 0 Å². The quantitative estimate of drug-likeness (QED) is 0.416. The van der Waals surface area contributed by atoms with Crippen molar-refractivity contribution in [2.45, 2.75) is 79.1 Å². The van der Waals surface area contributed by atoms with Crippen molar-refractivity contribution in [1.29, 1.82) is 0 Å². The van der Waals surface area contributed by atoms with Gasteiger partial charge in [0.05, 0.1) is 5.92 Å². The second kappa shape index (κ2) is 10.6. The van der Waals surface area contributed by atoms with E-state index in [0.29, 0.717) is 12.5 Å². The van der Waals surface area contributed by atoms with Gasteiger partial charge in [0, 0.05) is 0 Å². The topological polar surface area (TPSA) is 26.3 Å². The molecule has 1 aliphatic rings. The third-order valence-electron chi connectivity index (χ3n) is 4.71. The van der Waals surface area contributed by atoms with Gasteiger partial charge in [-0.15, -0.1) is 0 Å². The van der Waals surface area contributed by atoms with Gasteiger partial charge in [-0.3, -0.25) is 4.79 Å². The summed E-state index contributed by atoms with van der Waals surface area (Å²) in [6.45, 7) is 8.91. The molecule has 0 saturated heterocycles. The molecule has 0 heterocycles. The van der Waals surface area contributed by atoms with E-state index >= 15 is 0 Å². The average Bonchev–Trinajstić information content (AvgIpc) is 2.48. The van der Waals surface area contributed by atoms with Crippen LogP contribution in [0.5, 0.6) is 0 Å². The second-order valence-electron chi connectivity index (χ2n) is 6.91. The minimum atomic E-state index is 0.0164. The van der Waals surface area contributed by atoms with Crippen LogP contribution in [0, 0.1) is 11.8 Å². The molecule has 1 rings (SSSR count). The Bertz CT molecular complexity index is 383. The number of ether oxygens (including phenoxy) is 1. The first-order chi connectivity index (χ1) is 10.5. The smallest absolute Gasteiger partial charge is 0.309 e. The van der Waals surface area contributed by atoms with Gasteiger partial charge in [-0.2, -0.15) is 0 Å². The molecule has 1 aliphatic carbocycles. The van der Waals surface area contributed by atoms with Gasteiger partial charge >= 0.3 is 5.97 Å². The van der Waals surface area contributed by atoms with Crippen molar-refractivity contribution < 1.29 is 9.53 Å². The van der Waals surface area contributed by atoms with Gasteiger partial charge in [0.15, 0.2) is 0 Å². The van der Waals surface area contributed by atoms with Crippen molar-refractivity contribution in [3.63, 3.8) is 0 Å². The lowest BCUT2D eigenvalue weighted by Gasteiger charge is -2.27. The summed E-state index contributed by atoms with van der Waals surface area (Å²) in [5.41, 5.74) is 2.66. The summed E-state index contributed by atoms with van der Waals surface area (Å²) in [6, 6.07) is 0. The van der Waals surface area contributed by atoms with Crippen LogP contribution < -0.4 is 0 Å². The van der Waals surface area contributed by atoms with Crippen LogP contribution in [-0.2, 0) is 9.53 Å². The van der Waals surface area contributed by atoms with Crippen LogP contribution in [0.15, 0.2) is 23.3 Å². The molecule has 0 aromatic heterocycles. The van der Waals surface area contributed by atoms with E-state index in [0.717, 1.165) is 19.3 Å². The zero-order valence-electron chi connectivity index (χ0n) is 15.0. The number of allylic oxidation sites excluding steroid dienone is 3. The Labute approximate surface area is 137 Å². The molecule has 22 heavy (non-hydrogen) atoms. The molecule has 0 N–H and O–H groups in total. The summed E-state index contributed by atoms with van der Waals surface area (Å²) in [5.74, 6) is 0.677. The fourth-order valence-corrected chi connectivity index (χ4v) is 3.29. The van der Waals surface area contributed by atoms with Gasteiger partial charge in [-0.25, -0.2) is 0 Å². The first-order valence-corrected chi connectivity index (χ1v) is 9.00. The monoisotopic (exact) mass is 306 g/mol. The first-order valence-electron chi connectivity index (χ1n) is 9.00. The molecule has 0 radical (unpaired) electrons. The summed E-state index contributed by atoms with van der Waals surface area (Å²) in [6.07, 6.45) is 13.6. The lowest BCUT2D eigenvalue weighted by molar-refractivity contribution is -0.149. The largest absolute Gasteiger partial charge is 0.461 e. The highest BCUT2D eigenvalue weighted by atomic mass is 16.5. The minimum Gasteiger partial charge on any atom is -0.461 e. The fraction of sp³-hybridized carbons (Fsp3) is 0.750. The van der Waals surface area contributed by atoms with Crippen molar-refractivity contribution in [2.24, 2.45) is 11.8 Å². The van der Waals surface area contributed by atoms with E-state index in [1.807, 2.05) is 0 Å². The Morgan fingerprint density at radius 3 is 2.41 bits per heavy atom. The normalized spacial score (nSPS) is 17.9. The molecule has 1 fully saturated rings. The van der Waals surface area contributed by atoms with Crippen LogP contribution in [-0.4, -0.2) is 12.6 Å². The van der Waals surface area contributed by atoms with Crippen molar-refractivity contribution in [2.75, 3.05) is 6.61 Å². The highest BCUT2D eigenvalue weighted by Crippen LogP contribution is 2.32. The van der Waals surface area contributed by atoms with Crippen molar-refractivity contribution in [1.82, 2.24) is 0 Å². The van der Waals surface area contributed by atoms with Crippen LogP contribution in [0.2, 0.25) is 0 Å². The Morgan fingerprint density at radius 2 is 1.82 bits per heavy atom. The van der Waals surface area contributed by atoms with Gasteiger partial charge < -0.3 is 4.74 Å². The van der Waals surface area contributed by atoms with E-state index in [1.165, 1.54) is 43.3 Å². The Morgan fingerprint density at radius 1 is 1.14 bits per heavy atom. The lowest BCUT2D eigenvalue weighted by atomic mass is 9.79. The molecule has 2 heteroatoms. The molecular weight excluding hydrogens is 272 g/mol. The highest BCUT2D eigenvalue weighted by Gasteiger charge is 2.28. The van der Waals surface area contributed by atoms with Crippen molar-refractivity contribution in [3.8, 4) is 0 Å². The van der Waals surface area contributed by atoms with Crippen LogP contribution >= 0.6 is 0 Å². The zero-order chi connectivity index (χ0) is 16.4. The summed E-state index contributed by atoms with van der Waals surface area (Å²) in [5, 5.41) is 0. The van der Waals surface area contributed by atoms with Crippen LogP contribution in [0.3, 0.4) is 0 Å². The molecule has 0 aromatic carbocycles. The maximum absolute atomic E-state index is 12.3. The molecule has 1 atom stereocenters. The summed E-state index contributed by atoms with van der Waals surface area (Å²) >= 11 is 0. The molecule has 0 amide bonds. The first kappa shape index (κ1) is 19.0. The lowest BCUT2D eigenvalue weighted by Crippen LogP contribution is -2.27. The number of carbonyl (C=O) groups excluding carboxylic acids is 1. The molecule has 126 valence electrons. The predicted octanol–water partition coefficient (Wildman–Crippen LogP) is 5.83. The minimum absolute atomic E-state index is 0.0164. The SMILES string of the molecule is CCC(C(=O)OC/C=C(\C)CCC=C(C)C)C1CCCCC1. The second-order valence-corrected chi connectivity index (χ2v) is 6.91. The third-order valence-corrected chi connectivity index (χ3v) is 4.71. The molecule has 1 unspecified atom stereocenters. The molecule has 0 spiro atoms. The van der Waals surface area contributed by atoms with E-state index in [1.54, 1.807) is 0 Å². The molecule has 0 aliphatic heterocycles. The Hall–Kier alpha value is -1.05. The maximum Gasteiger partial charge on any atom is 0.309 e. The van der Waals surface area contributed by atoms with E-state index in [4.69, 9.17) is 4.74 Å². The average molecular weight is 306 g/mol. The van der Waals surface area contributed by atoms with Crippen LogP contribution in [0.1, 0.15) is 79.1 Å². The molecule has 1 saturated carbocycles. The fourth-order valence-electron chi connectivity index (χ4n) is 3.29. The molecule has 0 aromatic rings. The van der Waals surface area contributed by atoms with Gasteiger partial charge in [0.2, 0.25) is 0 Å². The number of hydrogen-bond donors (Lipinski definition) is 0. The number of esters is 1. The van der Waals surface area contributed by atoms with Crippen molar-refractivity contribution in [3.05, 3.63) is 23.3 Å². The van der Waals surface area contributed by atoms with Crippen LogP contribution in [0.25, 0.3) is 0 Å². The predicted molar refractivity (Wildman–Crippen MR) is 93.7 cm³/mol. The number of hydrogen-bond acceptors (Lipinski definition) is 2. The molecule has 2 nitrogen and oxygen atoms in total. The van der Waals surface area contributed by atoms with Gasteiger partial charge in [0.25, 0.3) is 0 Å². The summed E-state index contributed by atoms with van der Waals surface area (Å²) in [7, 11) is 0. The Balaban J connectivity index is 2.35.